The van der Waals surface area contributed by atoms with Gasteiger partial charge in [-0.15, -0.1) is 15.0 Å². The van der Waals surface area contributed by atoms with E-state index >= 15 is 0 Å². The molecular weight excluding hydrogens is 304 g/mol. The molecule has 0 fully saturated rings. The van der Waals surface area contributed by atoms with Gasteiger partial charge in [0.05, 0.1) is 11.9 Å². The van der Waals surface area contributed by atoms with Crippen molar-refractivity contribution in [3.8, 4) is 28.7 Å². The van der Waals surface area contributed by atoms with Crippen LogP contribution in [0.2, 0.25) is 0 Å². The average Bonchev–Trinajstić information content (AvgIpc) is 3.14. The number of nitrogens with zero attached hydrogens (tertiary/aromatic N) is 6. The molecule has 0 saturated heterocycles. The lowest BCUT2D eigenvalue weighted by molar-refractivity contribution is 0.480. The molecule has 0 saturated carbocycles. The molecule has 3 heterocycles. The van der Waals surface area contributed by atoms with Crippen molar-refractivity contribution in [3.63, 3.8) is 0 Å². The first-order valence-electron chi connectivity index (χ1n) is 7.28. The number of ether oxygens (including phenoxy) is 1. The Balaban J connectivity index is 1.54. The predicted octanol–water partition coefficient (Wildman–Crippen LogP) is 2.91. The van der Waals surface area contributed by atoms with Crippen LogP contribution in [-0.2, 0) is 0 Å². The van der Waals surface area contributed by atoms with Crippen molar-refractivity contribution < 1.29 is 4.74 Å². The summed E-state index contributed by atoms with van der Waals surface area (Å²) >= 11 is 0. The molecule has 4 rings (SSSR count). The molecule has 116 valence electrons. The SMILES string of the molecule is c1ccc(-c2nnn(-c3ccc(Oc4cccnc4)cc3)n2)nc1. The van der Waals surface area contributed by atoms with E-state index in [0.29, 0.717) is 23.0 Å². The summed E-state index contributed by atoms with van der Waals surface area (Å²) in [5, 5.41) is 12.4. The molecule has 0 unspecified atom stereocenters. The van der Waals surface area contributed by atoms with Crippen molar-refractivity contribution in [1.29, 1.82) is 0 Å². The lowest BCUT2D eigenvalue weighted by Gasteiger charge is -2.05. The highest BCUT2D eigenvalue weighted by atomic mass is 16.5. The van der Waals surface area contributed by atoms with Gasteiger partial charge in [0.2, 0.25) is 5.82 Å². The van der Waals surface area contributed by atoms with Crippen molar-refractivity contribution in [3.05, 3.63) is 73.2 Å². The molecule has 0 atom stereocenters. The summed E-state index contributed by atoms with van der Waals surface area (Å²) in [5.41, 5.74) is 1.46. The summed E-state index contributed by atoms with van der Waals surface area (Å²) in [5.74, 6) is 1.87. The molecular formula is C17H12N6O. The second-order valence-electron chi connectivity index (χ2n) is 4.90. The smallest absolute Gasteiger partial charge is 0.223 e. The largest absolute Gasteiger partial charge is 0.456 e. The number of hydrogen-bond acceptors (Lipinski definition) is 6. The predicted molar refractivity (Wildman–Crippen MR) is 86.7 cm³/mol. The number of rotatable bonds is 4. The summed E-state index contributed by atoms with van der Waals surface area (Å²) in [4.78, 5) is 9.68. The van der Waals surface area contributed by atoms with Crippen LogP contribution >= 0.6 is 0 Å². The molecule has 3 aromatic heterocycles. The van der Waals surface area contributed by atoms with Crippen molar-refractivity contribution in [2.45, 2.75) is 0 Å². The first-order valence-corrected chi connectivity index (χ1v) is 7.28. The van der Waals surface area contributed by atoms with Crippen LogP contribution in [0.15, 0.2) is 73.2 Å². The average molecular weight is 316 g/mol. The molecule has 0 aliphatic carbocycles. The van der Waals surface area contributed by atoms with Crippen molar-refractivity contribution in [2.24, 2.45) is 0 Å². The zero-order valence-corrected chi connectivity index (χ0v) is 12.5. The second-order valence-corrected chi connectivity index (χ2v) is 4.90. The number of hydrogen-bond donors (Lipinski definition) is 0. The zero-order chi connectivity index (χ0) is 16.2. The molecule has 0 spiro atoms. The standard InChI is InChI=1S/C17H12N6O/c1-2-11-19-16(5-1)17-20-22-23(21-17)13-6-8-14(9-7-13)24-15-4-3-10-18-12-15/h1-12H. The fraction of sp³-hybridized carbons (Fsp3) is 0. The van der Waals surface area contributed by atoms with Gasteiger partial charge in [-0.25, -0.2) is 0 Å². The van der Waals surface area contributed by atoms with Gasteiger partial charge in [-0.05, 0) is 53.7 Å². The highest BCUT2D eigenvalue weighted by Gasteiger charge is 2.08. The van der Waals surface area contributed by atoms with Crippen molar-refractivity contribution in [1.82, 2.24) is 30.2 Å². The molecule has 7 nitrogen and oxygen atoms in total. The first kappa shape index (κ1) is 14.0. The third kappa shape index (κ3) is 2.95. The number of aromatic nitrogens is 6. The fourth-order valence-corrected chi connectivity index (χ4v) is 2.11. The highest BCUT2D eigenvalue weighted by Crippen LogP contribution is 2.21. The van der Waals surface area contributed by atoms with Crippen LogP contribution in [0.4, 0.5) is 0 Å². The fourth-order valence-electron chi connectivity index (χ4n) is 2.11. The van der Waals surface area contributed by atoms with Crippen LogP contribution in [0.25, 0.3) is 17.2 Å². The number of pyridine rings is 2. The summed E-state index contributed by atoms with van der Waals surface area (Å²) in [6.07, 6.45) is 5.05. The Morgan fingerprint density at radius 3 is 2.50 bits per heavy atom. The maximum Gasteiger partial charge on any atom is 0.223 e. The minimum absolute atomic E-state index is 0.478. The van der Waals surface area contributed by atoms with Crippen LogP contribution in [0.3, 0.4) is 0 Å². The highest BCUT2D eigenvalue weighted by molar-refractivity contribution is 5.47. The molecule has 0 amide bonds. The van der Waals surface area contributed by atoms with E-state index in [1.165, 1.54) is 4.80 Å². The van der Waals surface area contributed by atoms with Gasteiger partial charge in [0.25, 0.3) is 0 Å². The van der Waals surface area contributed by atoms with E-state index < -0.39 is 0 Å². The minimum atomic E-state index is 0.478. The van der Waals surface area contributed by atoms with E-state index in [1.807, 2.05) is 54.6 Å². The third-order valence-corrected chi connectivity index (χ3v) is 3.25. The quantitative estimate of drug-likeness (QED) is 0.576. The molecule has 0 aliphatic rings. The van der Waals surface area contributed by atoms with Crippen molar-refractivity contribution in [2.75, 3.05) is 0 Å². The summed E-state index contributed by atoms with van der Waals surface area (Å²) in [7, 11) is 0. The topological polar surface area (TPSA) is 78.6 Å². The lowest BCUT2D eigenvalue weighted by Crippen LogP contribution is -1.99. The number of tetrazole rings is 1. The Morgan fingerprint density at radius 1 is 0.833 bits per heavy atom. The molecule has 0 aliphatic heterocycles. The Bertz CT molecular complexity index is 922. The van der Waals surface area contributed by atoms with E-state index in [0.717, 1.165) is 5.69 Å². The van der Waals surface area contributed by atoms with Gasteiger partial charge in [-0.3, -0.25) is 9.97 Å². The van der Waals surface area contributed by atoms with E-state index in [4.69, 9.17) is 4.74 Å². The second kappa shape index (κ2) is 6.25. The Labute approximate surface area is 137 Å². The molecule has 24 heavy (non-hydrogen) atoms. The van der Waals surface area contributed by atoms with E-state index in [-0.39, 0.29) is 0 Å². The van der Waals surface area contributed by atoms with Crippen LogP contribution in [0, 0.1) is 0 Å². The monoisotopic (exact) mass is 316 g/mol. The van der Waals surface area contributed by atoms with Gasteiger partial charge >= 0.3 is 0 Å². The Morgan fingerprint density at radius 2 is 1.75 bits per heavy atom. The normalized spacial score (nSPS) is 10.5. The van der Waals surface area contributed by atoms with Crippen molar-refractivity contribution >= 4 is 0 Å². The zero-order valence-electron chi connectivity index (χ0n) is 12.5. The maximum atomic E-state index is 5.71. The van der Waals surface area contributed by atoms with E-state index in [1.54, 1.807) is 18.6 Å². The van der Waals surface area contributed by atoms with Crippen LogP contribution in [0.5, 0.6) is 11.5 Å². The Hall–Kier alpha value is -3.61. The molecule has 1 aromatic carbocycles. The maximum absolute atomic E-state index is 5.71. The van der Waals surface area contributed by atoms with E-state index in [2.05, 4.69) is 25.4 Å². The molecule has 0 bridgehead atoms. The van der Waals surface area contributed by atoms with Crippen LogP contribution < -0.4 is 4.74 Å². The molecule has 4 aromatic rings. The van der Waals surface area contributed by atoms with Gasteiger partial charge in [0, 0.05) is 12.4 Å². The molecule has 7 heteroatoms. The minimum Gasteiger partial charge on any atom is -0.456 e. The first-order chi connectivity index (χ1) is 11.9. The molecule has 0 radical (unpaired) electrons. The van der Waals surface area contributed by atoms with Crippen LogP contribution in [0.1, 0.15) is 0 Å². The van der Waals surface area contributed by atoms with Crippen LogP contribution in [-0.4, -0.2) is 30.2 Å². The molecule has 0 N–H and O–H groups in total. The summed E-state index contributed by atoms with van der Waals surface area (Å²) < 4.78 is 5.71. The van der Waals surface area contributed by atoms with E-state index in [9.17, 15) is 0 Å². The Kier molecular flexibility index (Phi) is 3.65. The van der Waals surface area contributed by atoms with Gasteiger partial charge in [0.15, 0.2) is 0 Å². The third-order valence-electron chi connectivity index (χ3n) is 3.25. The summed E-state index contributed by atoms with van der Waals surface area (Å²) in [6, 6.07) is 16.6. The summed E-state index contributed by atoms with van der Waals surface area (Å²) in [6.45, 7) is 0. The lowest BCUT2D eigenvalue weighted by atomic mass is 10.3. The van der Waals surface area contributed by atoms with Gasteiger partial charge in [-0.1, -0.05) is 6.07 Å². The van der Waals surface area contributed by atoms with Gasteiger partial charge in [-0.2, -0.15) is 0 Å². The number of benzene rings is 1. The van der Waals surface area contributed by atoms with Gasteiger partial charge < -0.3 is 4.74 Å². The van der Waals surface area contributed by atoms with Gasteiger partial charge in [0.1, 0.15) is 17.2 Å².